The number of nitrogens with one attached hydrogen (secondary N) is 1. The second kappa shape index (κ2) is 4.50. The highest BCUT2D eigenvalue weighted by Gasteiger charge is 2.25. The fraction of sp³-hybridized carbons (Fsp3) is 0.286. The Morgan fingerprint density at radius 3 is 3.00 bits per heavy atom. The lowest BCUT2D eigenvalue weighted by Crippen LogP contribution is -2.10. The number of anilines is 2. The molecule has 1 atom stereocenters. The summed E-state index contributed by atoms with van der Waals surface area (Å²) in [6.45, 7) is 1.87. The van der Waals surface area contributed by atoms with Gasteiger partial charge < -0.3 is 11.1 Å². The van der Waals surface area contributed by atoms with Crippen LogP contribution in [0.2, 0.25) is 0 Å². The van der Waals surface area contributed by atoms with Crippen molar-refractivity contribution in [2.24, 2.45) is 0 Å². The van der Waals surface area contributed by atoms with Gasteiger partial charge in [-0.2, -0.15) is 4.98 Å². The number of halogens is 1. The molecule has 3 N–H and O–H groups in total. The lowest BCUT2D eigenvalue weighted by atomic mass is 10.1. The number of aryl methyl sites for hydroxylation is 1. The molecule has 1 aromatic heterocycles. The molecule has 0 saturated carbocycles. The van der Waals surface area contributed by atoms with Gasteiger partial charge in [0.15, 0.2) is 0 Å². The number of hydrogen-bond donors (Lipinski definition) is 2. The molecule has 0 fully saturated rings. The van der Waals surface area contributed by atoms with Crippen molar-refractivity contribution in [3.63, 3.8) is 0 Å². The molecule has 1 aromatic carbocycles. The number of nitrogens with zero attached hydrogens (tertiary/aromatic N) is 2. The second-order valence-corrected chi connectivity index (χ2v) is 4.80. The first-order valence-electron chi connectivity index (χ1n) is 6.28. The first-order chi connectivity index (χ1) is 9.13. The smallest absolute Gasteiger partial charge is 0.222 e. The van der Waals surface area contributed by atoms with Gasteiger partial charge in [-0.25, -0.2) is 9.37 Å². The molecule has 0 bridgehead atoms. The van der Waals surface area contributed by atoms with E-state index in [1.165, 1.54) is 6.07 Å². The van der Waals surface area contributed by atoms with Crippen LogP contribution in [-0.2, 0) is 6.42 Å². The number of benzene rings is 1. The molecule has 2 aromatic rings. The highest BCUT2D eigenvalue weighted by Crippen LogP contribution is 2.34. The molecule has 98 valence electrons. The summed E-state index contributed by atoms with van der Waals surface area (Å²) < 4.78 is 13.7. The molecule has 1 aliphatic rings. The van der Waals surface area contributed by atoms with E-state index in [4.69, 9.17) is 5.73 Å². The highest BCUT2D eigenvalue weighted by molar-refractivity contribution is 5.46. The van der Waals surface area contributed by atoms with Gasteiger partial charge in [0, 0.05) is 11.8 Å². The Bertz CT molecular complexity index is 607. The first kappa shape index (κ1) is 11.9. The normalized spacial score (nSPS) is 17.3. The summed E-state index contributed by atoms with van der Waals surface area (Å²) in [6, 6.07) is 7.13. The molecule has 0 unspecified atom stereocenters. The molecule has 1 aliphatic carbocycles. The summed E-state index contributed by atoms with van der Waals surface area (Å²) in [4.78, 5) is 8.19. The van der Waals surface area contributed by atoms with E-state index >= 15 is 0 Å². The van der Waals surface area contributed by atoms with Gasteiger partial charge in [-0.1, -0.05) is 12.1 Å². The third kappa shape index (κ3) is 2.23. The summed E-state index contributed by atoms with van der Waals surface area (Å²) >= 11 is 0. The van der Waals surface area contributed by atoms with E-state index in [2.05, 4.69) is 15.3 Å². The predicted molar refractivity (Wildman–Crippen MR) is 72.3 cm³/mol. The fourth-order valence-electron chi connectivity index (χ4n) is 2.60. The molecule has 1 heterocycles. The third-order valence-corrected chi connectivity index (χ3v) is 3.41. The topological polar surface area (TPSA) is 63.8 Å². The van der Waals surface area contributed by atoms with Crippen molar-refractivity contribution in [2.75, 3.05) is 11.1 Å². The molecule has 4 nitrogen and oxygen atoms in total. The summed E-state index contributed by atoms with van der Waals surface area (Å²) in [5.41, 5.74) is 8.26. The van der Waals surface area contributed by atoms with E-state index in [1.54, 1.807) is 6.07 Å². The van der Waals surface area contributed by atoms with E-state index in [0.29, 0.717) is 5.82 Å². The quantitative estimate of drug-likeness (QED) is 0.869. The first-order valence-corrected chi connectivity index (χ1v) is 6.28. The van der Waals surface area contributed by atoms with Crippen LogP contribution in [0.1, 0.15) is 29.3 Å². The summed E-state index contributed by atoms with van der Waals surface area (Å²) in [5.74, 6) is 0.812. The lowest BCUT2D eigenvalue weighted by Gasteiger charge is -2.15. The Labute approximate surface area is 110 Å². The average molecular weight is 258 g/mol. The van der Waals surface area contributed by atoms with E-state index < -0.39 is 0 Å². The maximum Gasteiger partial charge on any atom is 0.222 e. The second-order valence-electron chi connectivity index (χ2n) is 4.80. The molecule has 0 amide bonds. The minimum Gasteiger partial charge on any atom is -0.368 e. The van der Waals surface area contributed by atoms with Crippen molar-refractivity contribution in [2.45, 2.75) is 25.8 Å². The summed E-state index contributed by atoms with van der Waals surface area (Å²) in [6.07, 6.45) is 1.61. The summed E-state index contributed by atoms with van der Waals surface area (Å²) in [5, 5.41) is 3.31. The van der Waals surface area contributed by atoms with Crippen molar-refractivity contribution in [3.05, 3.63) is 46.9 Å². The number of rotatable bonds is 2. The molecule has 19 heavy (non-hydrogen) atoms. The Hall–Kier alpha value is -2.17. The highest BCUT2D eigenvalue weighted by atomic mass is 19.1. The maximum absolute atomic E-state index is 13.7. The molecule has 3 rings (SSSR count). The van der Waals surface area contributed by atoms with Crippen LogP contribution < -0.4 is 11.1 Å². The van der Waals surface area contributed by atoms with Gasteiger partial charge in [0.2, 0.25) is 5.95 Å². The zero-order chi connectivity index (χ0) is 13.4. The van der Waals surface area contributed by atoms with Crippen molar-refractivity contribution in [1.29, 1.82) is 0 Å². The predicted octanol–water partition coefficient (Wildman–Crippen LogP) is 2.61. The van der Waals surface area contributed by atoms with Crippen LogP contribution in [0.15, 0.2) is 24.3 Å². The molecular formula is C14H15FN4. The Balaban J connectivity index is 1.89. The van der Waals surface area contributed by atoms with Gasteiger partial charge in [0.05, 0.1) is 6.04 Å². The maximum atomic E-state index is 13.7. The fourth-order valence-corrected chi connectivity index (χ4v) is 2.60. The van der Waals surface area contributed by atoms with Crippen LogP contribution in [0.25, 0.3) is 0 Å². The minimum absolute atomic E-state index is 0.0828. The van der Waals surface area contributed by atoms with Crippen LogP contribution in [0.3, 0.4) is 0 Å². The molecular weight excluding hydrogens is 243 g/mol. The van der Waals surface area contributed by atoms with Crippen LogP contribution in [0.5, 0.6) is 0 Å². The average Bonchev–Trinajstić information content (AvgIpc) is 2.73. The Kier molecular flexibility index (Phi) is 2.81. The molecule has 0 aliphatic heterocycles. The van der Waals surface area contributed by atoms with Crippen molar-refractivity contribution >= 4 is 11.8 Å². The van der Waals surface area contributed by atoms with Crippen molar-refractivity contribution in [1.82, 2.24) is 9.97 Å². The largest absolute Gasteiger partial charge is 0.368 e. The molecule has 0 radical (unpaired) electrons. The number of nitrogens with two attached hydrogens (primary N) is 1. The Morgan fingerprint density at radius 1 is 1.37 bits per heavy atom. The van der Waals surface area contributed by atoms with Gasteiger partial charge >= 0.3 is 0 Å². The van der Waals surface area contributed by atoms with E-state index in [1.807, 2.05) is 19.1 Å². The molecule has 0 spiro atoms. The zero-order valence-electron chi connectivity index (χ0n) is 10.7. The number of aromatic nitrogens is 2. The van der Waals surface area contributed by atoms with Gasteiger partial charge in [0.1, 0.15) is 11.6 Å². The van der Waals surface area contributed by atoms with Crippen LogP contribution in [-0.4, -0.2) is 9.97 Å². The number of hydrogen-bond acceptors (Lipinski definition) is 4. The van der Waals surface area contributed by atoms with Gasteiger partial charge in [0.25, 0.3) is 0 Å². The number of nitrogen functional groups attached to an aromatic ring is 1. The third-order valence-electron chi connectivity index (χ3n) is 3.41. The lowest BCUT2D eigenvalue weighted by molar-refractivity contribution is 0.612. The zero-order valence-corrected chi connectivity index (χ0v) is 10.7. The number of fused-ring (bicyclic) bond motifs is 1. The van der Waals surface area contributed by atoms with E-state index in [-0.39, 0.29) is 17.8 Å². The van der Waals surface area contributed by atoms with Gasteiger partial charge in [-0.3, -0.25) is 0 Å². The molecule has 5 heteroatoms. The minimum atomic E-state index is -0.125. The molecule has 0 saturated heterocycles. The van der Waals surface area contributed by atoms with E-state index in [9.17, 15) is 4.39 Å². The SMILES string of the molecule is Cc1cc(N[C@@H]2CCc3c(F)cccc32)nc(N)n1. The van der Waals surface area contributed by atoms with Gasteiger partial charge in [-0.05, 0) is 37.0 Å². The standard InChI is InChI=1S/C14H15FN4/c1-8-7-13(19-14(16)17-8)18-12-6-5-9-10(12)3-2-4-11(9)15/h2-4,7,12H,5-6H2,1H3,(H3,16,17,18,19)/t12-/m1/s1. The van der Waals surface area contributed by atoms with Crippen molar-refractivity contribution in [3.8, 4) is 0 Å². The summed E-state index contributed by atoms with van der Waals surface area (Å²) in [7, 11) is 0. The monoisotopic (exact) mass is 258 g/mol. The Morgan fingerprint density at radius 2 is 2.21 bits per heavy atom. The van der Waals surface area contributed by atoms with Crippen molar-refractivity contribution < 1.29 is 4.39 Å². The van der Waals surface area contributed by atoms with Crippen LogP contribution in [0, 0.1) is 12.7 Å². The van der Waals surface area contributed by atoms with Crippen LogP contribution in [0.4, 0.5) is 16.2 Å². The van der Waals surface area contributed by atoms with Gasteiger partial charge in [-0.15, -0.1) is 0 Å². The van der Waals surface area contributed by atoms with E-state index in [0.717, 1.165) is 29.7 Å². The van der Waals surface area contributed by atoms with Crippen LogP contribution >= 0.6 is 0 Å².